The van der Waals surface area contributed by atoms with Gasteiger partial charge in [0.1, 0.15) is 6.17 Å². The van der Waals surface area contributed by atoms with Crippen LogP contribution in [0.3, 0.4) is 0 Å². The van der Waals surface area contributed by atoms with E-state index in [-0.39, 0.29) is 5.75 Å². The topological polar surface area (TPSA) is 59.1 Å². The molecule has 1 heterocycles. The summed E-state index contributed by atoms with van der Waals surface area (Å²) in [6.45, 7) is 2.90. The Balaban J connectivity index is 2.92. The molecular weight excluding hydrogens is 219 g/mol. The first-order chi connectivity index (χ1) is 6.94. The fourth-order valence-electron chi connectivity index (χ4n) is 0.983. The average Bonchev–Trinajstić information content (AvgIpc) is 2.17. The Kier molecular flexibility index (Phi) is 3.62. The van der Waals surface area contributed by atoms with Gasteiger partial charge in [-0.1, -0.05) is 0 Å². The number of rotatable bonds is 4. The first-order valence-electron chi connectivity index (χ1n) is 4.54. The van der Waals surface area contributed by atoms with E-state index in [9.17, 15) is 12.8 Å². The van der Waals surface area contributed by atoms with E-state index >= 15 is 0 Å². The van der Waals surface area contributed by atoms with E-state index in [0.29, 0.717) is 11.3 Å². The van der Waals surface area contributed by atoms with Gasteiger partial charge in [-0.05, 0) is 19.9 Å². The molecule has 84 valence electrons. The molecule has 0 fully saturated rings. The smallest absolute Gasteiger partial charge is 0.232 e. The lowest BCUT2D eigenvalue weighted by Crippen LogP contribution is -2.14. The Morgan fingerprint density at radius 2 is 2.20 bits per heavy atom. The zero-order valence-electron chi connectivity index (χ0n) is 8.57. The van der Waals surface area contributed by atoms with Crippen molar-refractivity contribution in [1.82, 2.24) is 4.98 Å². The Morgan fingerprint density at radius 1 is 1.53 bits per heavy atom. The molecule has 0 spiro atoms. The minimum atomic E-state index is -3.33. The molecule has 1 unspecified atom stereocenters. The highest BCUT2D eigenvalue weighted by Crippen LogP contribution is 2.19. The van der Waals surface area contributed by atoms with Gasteiger partial charge < -0.3 is 0 Å². The van der Waals surface area contributed by atoms with Crippen molar-refractivity contribution in [3.8, 4) is 0 Å². The molecule has 0 aliphatic carbocycles. The van der Waals surface area contributed by atoms with Crippen LogP contribution in [0.2, 0.25) is 0 Å². The molecule has 1 rings (SSSR count). The van der Waals surface area contributed by atoms with E-state index in [1.54, 1.807) is 0 Å². The van der Waals surface area contributed by atoms with E-state index in [0.717, 1.165) is 0 Å². The summed E-state index contributed by atoms with van der Waals surface area (Å²) in [5.74, 6) is -0.0254. The minimum absolute atomic E-state index is 0.0254. The van der Waals surface area contributed by atoms with Crippen LogP contribution in [0.4, 0.5) is 10.1 Å². The van der Waals surface area contributed by atoms with Gasteiger partial charge in [-0.15, -0.1) is 0 Å². The molecule has 0 radical (unpaired) electrons. The van der Waals surface area contributed by atoms with Gasteiger partial charge in [0.05, 0.1) is 17.6 Å². The molecule has 0 amide bonds. The van der Waals surface area contributed by atoms with Crippen molar-refractivity contribution in [3.63, 3.8) is 0 Å². The van der Waals surface area contributed by atoms with Crippen molar-refractivity contribution in [3.05, 3.63) is 24.0 Å². The lowest BCUT2D eigenvalue weighted by molar-refractivity contribution is 0.373. The molecule has 1 aromatic rings. The van der Waals surface area contributed by atoms with Gasteiger partial charge in [0.2, 0.25) is 10.0 Å². The molecular formula is C9H13FN2O2S. The molecule has 6 heteroatoms. The molecule has 1 N–H and O–H groups in total. The summed E-state index contributed by atoms with van der Waals surface area (Å²) in [5.41, 5.74) is 0.644. The van der Waals surface area contributed by atoms with Crippen molar-refractivity contribution in [1.29, 1.82) is 0 Å². The molecule has 0 saturated heterocycles. The third kappa shape index (κ3) is 3.47. The average molecular weight is 232 g/mol. The summed E-state index contributed by atoms with van der Waals surface area (Å²) in [7, 11) is -3.33. The lowest BCUT2D eigenvalue weighted by Gasteiger charge is -2.07. The van der Waals surface area contributed by atoms with Crippen molar-refractivity contribution in [2.24, 2.45) is 0 Å². The standard InChI is InChI=1S/C9H13FN2O2S/c1-3-15(13,14)12-9-4-8(7(2)10)5-11-6-9/h4-7,12H,3H2,1-2H3. The number of hydrogen-bond donors (Lipinski definition) is 1. The van der Waals surface area contributed by atoms with Crippen LogP contribution in [-0.4, -0.2) is 19.2 Å². The SMILES string of the molecule is CCS(=O)(=O)Nc1cncc(C(C)F)c1. The van der Waals surface area contributed by atoms with Gasteiger partial charge in [-0.3, -0.25) is 9.71 Å². The number of sulfonamides is 1. The molecule has 0 saturated carbocycles. The highest BCUT2D eigenvalue weighted by molar-refractivity contribution is 7.92. The van der Waals surface area contributed by atoms with Crippen LogP contribution in [0.5, 0.6) is 0 Å². The molecule has 1 atom stereocenters. The first-order valence-corrected chi connectivity index (χ1v) is 6.19. The number of alkyl halides is 1. The molecule has 15 heavy (non-hydrogen) atoms. The molecule has 1 aromatic heterocycles. The van der Waals surface area contributed by atoms with Gasteiger partial charge in [0.25, 0.3) is 0 Å². The maximum Gasteiger partial charge on any atom is 0.232 e. The normalized spacial score (nSPS) is 13.5. The number of anilines is 1. The van der Waals surface area contributed by atoms with Gasteiger partial charge in [-0.25, -0.2) is 12.8 Å². The Hall–Kier alpha value is -1.17. The second kappa shape index (κ2) is 4.57. The molecule has 0 aromatic carbocycles. The van der Waals surface area contributed by atoms with E-state index in [4.69, 9.17) is 0 Å². The first kappa shape index (κ1) is 11.9. The molecule has 4 nitrogen and oxygen atoms in total. The summed E-state index contributed by atoms with van der Waals surface area (Å²) in [6, 6.07) is 1.44. The summed E-state index contributed by atoms with van der Waals surface area (Å²) in [6.07, 6.45) is 1.55. The fourth-order valence-corrected chi connectivity index (χ4v) is 1.60. The highest BCUT2D eigenvalue weighted by Gasteiger charge is 2.09. The van der Waals surface area contributed by atoms with Crippen molar-refractivity contribution >= 4 is 15.7 Å². The number of aromatic nitrogens is 1. The van der Waals surface area contributed by atoms with E-state index in [1.165, 1.54) is 32.3 Å². The number of nitrogens with one attached hydrogen (secondary N) is 1. The third-order valence-electron chi connectivity index (χ3n) is 1.87. The second-order valence-corrected chi connectivity index (χ2v) is 5.14. The highest BCUT2D eigenvalue weighted by atomic mass is 32.2. The number of halogens is 1. The lowest BCUT2D eigenvalue weighted by atomic mass is 10.2. The molecule has 0 aliphatic rings. The van der Waals surface area contributed by atoms with Crippen LogP contribution in [0.15, 0.2) is 18.5 Å². The predicted molar refractivity (Wildman–Crippen MR) is 56.8 cm³/mol. The van der Waals surface area contributed by atoms with E-state index < -0.39 is 16.2 Å². The van der Waals surface area contributed by atoms with Gasteiger partial charge in [-0.2, -0.15) is 0 Å². The van der Waals surface area contributed by atoms with Crippen LogP contribution in [0.25, 0.3) is 0 Å². The Bertz CT molecular complexity index is 431. The summed E-state index contributed by atoms with van der Waals surface area (Å²) in [5, 5.41) is 0. The molecule has 0 bridgehead atoms. The van der Waals surface area contributed by atoms with E-state index in [2.05, 4.69) is 9.71 Å². The molecule has 0 aliphatic heterocycles. The summed E-state index contributed by atoms with van der Waals surface area (Å²) < 4.78 is 37.7. The fraction of sp³-hybridized carbons (Fsp3) is 0.444. The summed E-state index contributed by atoms with van der Waals surface area (Å²) >= 11 is 0. The van der Waals surface area contributed by atoms with Gasteiger partial charge >= 0.3 is 0 Å². The Morgan fingerprint density at radius 3 is 2.73 bits per heavy atom. The van der Waals surface area contributed by atoms with Crippen molar-refractivity contribution < 1.29 is 12.8 Å². The van der Waals surface area contributed by atoms with Crippen LogP contribution < -0.4 is 4.72 Å². The summed E-state index contributed by atoms with van der Waals surface area (Å²) in [4.78, 5) is 3.76. The predicted octanol–water partition coefficient (Wildman–Crippen LogP) is 1.87. The third-order valence-corrected chi connectivity index (χ3v) is 3.18. The van der Waals surface area contributed by atoms with Crippen LogP contribution in [0.1, 0.15) is 25.6 Å². The van der Waals surface area contributed by atoms with Gasteiger partial charge in [0, 0.05) is 11.8 Å². The van der Waals surface area contributed by atoms with Gasteiger partial charge in [0.15, 0.2) is 0 Å². The van der Waals surface area contributed by atoms with Crippen LogP contribution in [0, 0.1) is 0 Å². The number of nitrogens with zero attached hydrogens (tertiary/aromatic N) is 1. The van der Waals surface area contributed by atoms with Crippen molar-refractivity contribution in [2.75, 3.05) is 10.5 Å². The largest absolute Gasteiger partial charge is 0.282 e. The maximum absolute atomic E-state index is 12.9. The zero-order valence-corrected chi connectivity index (χ0v) is 9.38. The van der Waals surface area contributed by atoms with E-state index in [1.807, 2.05) is 0 Å². The Labute approximate surface area is 88.6 Å². The van der Waals surface area contributed by atoms with Crippen LogP contribution >= 0.6 is 0 Å². The van der Waals surface area contributed by atoms with Crippen LogP contribution in [-0.2, 0) is 10.0 Å². The second-order valence-electron chi connectivity index (χ2n) is 3.13. The minimum Gasteiger partial charge on any atom is -0.282 e. The number of hydrogen-bond acceptors (Lipinski definition) is 3. The number of pyridine rings is 1. The monoisotopic (exact) mass is 232 g/mol. The zero-order chi connectivity index (χ0) is 11.5. The van der Waals surface area contributed by atoms with Crippen molar-refractivity contribution in [2.45, 2.75) is 20.0 Å². The quantitative estimate of drug-likeness (QED) is 0.862. The maximum atomic E-state index is 12.9.